The lowest BCUT2D eigenvalue weighted by molar-refractivity contribution is -0.122. The van der Waals surface area contributed by atoms with Crippen molar-refractivity contribution in [2.75, 3.05) is 13.1 Å². The third-order valence-electron chi connectivity index (χ3n) is 5.35. The summed E-state index contributed by atoms with van der Waals surface area (Å²) in [4.78, 5) is 12.5. The fourth-order valence-corrected chi connectivity index (χ4v) is 5.42. The van der Waals surface area contributed by atoms with Gasteiger partial charge in [-0.3, -0.25) is 4.79 Å². The summed E-state index contributed by atoms with van der Waals surface area (Å²) in [6, 6.07) is 7.97. The van der Waals surface area contributed by atoms with Gasteiger partial charge < -0.3 is 9.84 Å². The average Bonchev–Trinajstić information content (AvgIpc) is 3.00. The van der Waals surface area contributed by atoms with E-state index in [4.69, 9.17) is 4.52 Å². The van der Waals surface area contributed by atoms with Gasteiger partial charge in [-0.25, -0.2) is 8.42 Å². The standard InChI is InChI=1S/C20H27N3O4S/c1-14-6-4-5-7-18(14)13-21-19(24)12-17-8-10-23(11-9-17)28(25,26)20-15(2)22-27-16(20)3/h4-7,17H,8-13H2,1-3H3,(H,21,24). The van der Waals surface area contributed by atoms with Gasteiger partial charge >= 0.3 is 0 Å². The zero-order valence-corrected chi connectivity index (χ0v) is 17.4. The molecule has 2 heterocycles. The lowest BCUT2D eigenvalue weighted by atomic mass is 9.94. The molecule has 0 bridgehead atoms. The van der Waals surface area contributed by atoms with Crippen LogP contribution in [0.2, 0.25) is 0 Å². The molecule has 0 atom stereocenters. The van der Waals surface area contributed by atoms with Gasteiger partial charge in [0.1, 0.15) is 10.6 Å². The number of nitrogens with zero attached hydrogens (tertiary/aromatic N) is 2. The van der Waals surface area contributed by atoms with E-state index in [1.165, 1.54) is 4.31 Å². The first-order valence-corrected chi connectivity index (χ1v) is 11.0. The molecule has 0 spiro atoms. The lowest BCUT2D eigenvalue weighted by Crippen LogP contribution is -2.40. The smallest absolute Gasteiger partial charge is 0.248 e. The minimum atomic E-state index is -3.61. The number of rotatable bonds is 6. The van der Waals surface area contributed by atoms with Crippen molar-refractivity contribution in [2.24, 2.45) is 5.92 Å². The van der Waals surface area contributed by atoms with Gasteiger partial charge in [-0.15, -0.1) is 0 Å². The van der Waals surface area contributed by atoms with Crippen molar-refractivity contribution >= 4 is 15.9 Å². The van der Waals surface area contributed by atoms with Crippen molar-refractivity contribution in [1.29, 1.82) is 0 Å². The Morgan fingerprint density at radius 3 is 2.50 bits per heavy atom. The molecular weight excluding hydrogens is 378 g/mol. The van der Waals surface area contributed by atoms with Crippen LogP contribution >= 0.6 is 0 Å². The van der Waals surface area contributed by atoms with Crippen LogP contribution in [0.4, 0.5) is 0 Å². The highest BCUT2D eigenvalue weighted by Gasteiger charge is 2.34. The molecule has 1 aromatic heterocycles. The van der Waals surface area contributed by atoms with Crippen molar-refractivity contribution in [3.05, 3.63) is 46.8 Å². The minimum absolute atomic E-state index is 0.00952. The zero-order valence-electron chi connectivity index (χ0n) is 16.6. The Morgan fingerprint density at radius 2 is 1.89 bits per heavy atom. The number of piperidine rings is 1. The second-order valence-corrected chi connectivity index (χ2v) is 9.28. The summed E-state index contributed by atoms with van der Waals surface area (Å²) in [5, 5.41) is 6.72. The molecule has 7 nitrogen and oxygen atoms in total. The molecule has 0 saturated carbocycles. The van der Waals surface area contributed by atoms with E-state index in [0.29, 0.717) is 50.4 Å². The molecular formula is C20H27N3O4S. The monoisotopic (exact) mass is 405 g/mol. The van der Waals surface area contributed by atoms with E-state index < -0.39 is 10.0 Å². The second kappa shape index (κ2) is 8.45. The highest BCUT2D eigenvalue weighted by Crippen LogP contribution is 2.28. The molecule has 1 fully saturated rings. The SMILES string of the molecule is Cc1ccccc1CNC(=O)CC1CCN(S(=O)(=O)c2c(C)noc2C)CC1. The summed E-state index contributed by atoms with van der Waals surface area (Å²) in [5.41, 5.74) is 2.65. The Morgan fingerprint density at radius 1 is 1.21 bits per heavy atom. The lowest BCUT2D eigenvalue weighted by Gasteiger charge is -2.30. The van der Waals surface area contributed by atoms with E-state index in [2.05, 4.69) is 10.5 Å². The van der Waals surface area contributed by atoms with Crippen LogP contribution in [0.25, 0.3) is 0 Å². The number of amides is 1. The number of hydrogen-bond acceptors (Lipinski definition) is 5. The molecule has 1 aromatic carbocycles. The van der Waals surface area contributed by atoms with Crippen molar-refractivity contribution in [2.45, 2.75) is 51.5 Å². The van der Waals surface area contributed by atoms with Crippen LogP contribution in [0.15, 0.2) is 33.7 Å². The molecule has 1 amide bonds. The van der Waals surface area contributed by atoms with E-state index in [1.54, 1.807) is 13.8 Å². The molecule has 28 heavy (non-hydrogen) atoms. The van der Waals surface area contributed by atoms with Crippen LogP contribution < -0.4 is 5.32 Å². The second-order valence-electron chi connectivity index (χ2n) is 7.41. The van der Waals surface area contributed by atoms with E-state index in [-0.39, 0.29) is 16.7 Å². The van der Waals surface area contributed by atoms with Crippen LogP contribution in [-0.2, 0) is 21.4 Å². The number of carbonyl (C=O) groups is 1. The van der Waals surface area contributed by atoms with Crippen LogP contribution in [0, 0.1) is 26.7 Å². The molecule has 1 N–H and O–H groups in total. The first-order chi connectivity index (χ1) is 13.3. The third-order valence-corrected chi connectivity index (χ3v) is 7.49. The maximum absolute atomic E-state index is 12.9. The number of sulfonamides is 1. The number of benzene rings is 1. The number of hydrogen-bond donors (Lipinski definition) is 1. The number of aryl methyl sites for hydroxylation is 3. The topological polar surface area (TPSA) is 92.5 Å². The van der Waals surface area contributed by atoms with E-state index in [9.17, 15) is 13.2 Å². The molecule has 3 rings (SSSR count). The van der Waals surface area contributed by atoms with Crippen LogP contribution in [0.1, 0.15) is 41.8 Å². The van der Waals surface area contributed by atoms with Gasteiger partial charge in [0, 0.05) is 26.1 Å². The Bertz CT molecular complexity index is 925. The van der Waals surface area contributed by atoms with Crippen LogP contribution in [-0.4, -0.2) is 36.9 Å². The predicted molar refractivity (Wildman–Crippen MR) is 105 cm³/mol. The van der Waals surface area contributed by atoms with E-state index in [1.807, 2.05) is 31.2 Å². The van der Waals surface area contributed by atoms with Crippen LogP contribution in [0.3, 0.4) is 0 Å². The Kier molecular flexibility index (Phi) is 6.20. The summed E-state index contributed by atoms with van der Waals surface area (Å²) in [5.74, 6) is 0.512. The first-order valence-electron chi connectivity index (χ1n) is 9.53. The molecule has 8 heteroatoms. The van der Waals surface area contributed by atoms with E-state index >= 15 is 0 Å². The highest BCUT2D eigenvalue weighted by atomic mass is 32.2. The summed E-state index contributed by atoms with van der Waals surface area (Å²) in [6.07, 6.45) is 1.76. The molecule has 0 radical (unpaired) electrons. The molecule has 1 aliphatic heterocycles. The van der Waals surface area contributed by atoms with Crippen LogP contribution in [0.5, 0.6) is 0 Å². The normalized spacial score (nSPS) is 16.2. The van der Waals surface area contributed by atoms with Crippen molar-refractivity contribution in [3.63, 3.8) is 0 Å². The Labute approximate surface area is 166 Å². The van der Waals surface area contributed by atoms with Gasteiger partial charge in [0.2, 0.25) is 15.9 Å². The van der Waals surface area contributed by atoms with Gasteiger partial charge in [-0.1, -0.05) is 29.4 Å². The van der Waals surface area contributed by atoms with Crippen molar-refractivity contribution < 1.29 is 17.7 Å². The molecule has 2 aromatic rings. The van der Waals surface area contributed by atoms with Crippen molar-refractivity contribution in [1.82, 2.24) is 14.8 Å². The summed E-state index contributed by atoms with van der Waals surface area (Å²) >= 11 is 0. The summed E-state index contributed by atoms with van der Waals surface area (Å²) in [7, 11) is -3.61. The summed E-state index contributed by atoms with van der Waals surface area (Å²) in [6.45, 7) is 6.60. The van der Waals surface area contributed by atoms with E-state index in [0.717, 1.165) is 11.1 Å². The Hall–Kier alpha value is -2.19. The predicted octanol–water partition coefficient (Wildman–Crippen LogP) is 2.71. The molecule has 1 saturated heterocycles. The fraction of sp³-hybridized carbons (Fsp3) is 0.500. The zero-order chi connectivity index (χ0) is 20.3. The van der Waals surface area contributed by atoms with Crippen molar-refractivity contribution in [3.8, 4) is 0 Å². The largest absolute Gasteiger partial charge is 0.360 e. The molecule has 0 aliphatic carbocycles. The maximum atomic E-state index is 12.9. The third kappa shape index (κ3) is 4.44. The van der Waals surface area contributed by atoms with Gasteiger partial charge in [0.15, 0.2) is 5.76 Å². The fourth-order valence-electron chi connectivity index (χ4n) is 3.66. The number of nitrogens with one attached hydrogen (secondary N) is 1. The highest BCUT2D eigenvalue weighted by molar-refractivity contribution is 7.89. The van der Waals surface area contributed by atoms with Gasteiger partial charge in [0.25, 0.3) is 0 Å². The minimum Gasteiger partial charge on any atom is -0.360 e. The quantitative estimate of drug-likeness (QED) is 0.798. The Balaban J connectivity index is 1.51. The number of aromatic nitrogens is 1. The maximum Gasteiger partial charge on any atom is 0.248 e. The summed E-state index contributed by atoms with van der Waals surface area (Å²) < 4.78 is 32.2. The van der Waals surface area contributed by atoms with Gasteiger partial charge in [-0.2, -0.15) is 4.31 Å². The van der Waals surface area contributed by atoms with Gasteiger partial charge in [-0.05, 0) is 50.7 Å². The molecule has 1 aliphatic rings. The first kappa shape index (κ1) is 20.5. The average molecular weight is 406 g/mol. The molecule has 0 unspecified atom stereocenters. The number of carbonyl (C=O) groups excluding carboxylic acids is 1. The molecule has 152 valence electrons. The van der Waals surface area contributed by atoms with Gasteiger partial charge in [0.05, 0.1) is 0 Å².